The molecule has 1 aromatic heterocycles. The van der Waals surface area contributed by atoms with Crippen LogP contribution >= 0.6 is 11.6 Å². The molecule has 3 rings (SSSR count). The third-order valence-corrected chi connectivity index (χ3v) is 4.96. The standard InChI is InChI=1S/C18H23ClN4O/c1-21(2)17(24)18(23-10-4-9-20-23)7-11-22(12-8-18)14-15-5-3-6-16(19)13-15/h3-6,9-10,13H,7-8,11-12,14H2,1-2H3. The molecule has 1 amide bonds. The molecule has 0 radical (unpaired) electrons. The Morgan fingerprint density at radius 2 is 2.04 bits per heavy atom. The normalized spacial score (nSPS) is 17.6. The molecule has 0 N–H and O–H groups in total. The smallest absolute Gasteiger partial charge is 0.250 e. The second-order valence-electron chi connectivity index (χ2n) is 6.59. The summed E-state index contributed by atoms with van der Waals surface area (Å²) in [4.78, 5) is 16.9. The zero-order valence-electron chi connectivity index (χ0n) is 14.2. The summed E-state index contributed by atoms with van der Waals surface area (Å²) in [7, 11) is 3.62. The van der Waals surface area contributed by atoms with Gasteiger partial charge in [0.2, 0.25) is 5.91 Å². The topological polar surface area (TPSA) is 41.4 Å². The molecule has 0 aliphatic carbocycles. The zero-order chi connectivity index (χ0) is 17.2. The predicted molar refractivity (Wildman–Crippen MR) is 94.9 cm³/mol. The maximum atomic E-state index is 12.9. The third-order valence-electron chi connectivity index (χ3n) is 4.73. The number of amides is 1. The van der Waals surface area contributed by atoms with Gasteiger partial charge in [-0.05, 0) is 36.6 Å². The molecule has 1 aliphatic rings. The minimum atomic E-state index is -0.572. The van der Waals surface area contributed by atoms with Crippen LogP contribution in [-0.4, -0.2) is 52.7 Å². The van der Waals surface area contributed by atoms with Gasteiger partial charge in [-0.15, -0.1) is 0 Å². The van der Waals surface area contributed by atoms with Crippen molar-refractivity contribution >= 4 is 17.5 Å². The summed E-state index contributed by atoms with van der Waals surface area (Å²) in [5.41, 5.74) is 0.630. The molecule has 1 fully saturated rings. The largest absolute Gasteiger partial charge is 0.347 e. The molecular formula is C18H23ClN4O. The maximum absolute atomic E-state index is 12.9. The summed E-state index contributed by atoms with van der Waals surface area (Å²) in [6, 6.07) is 9.84. The Morgan fingerprint density at radius 1 is 1.29 bits per heavy atom. The van der Waals surface area contributed by atoms with Crippen LogP contribution in [0.25, 0.3) is 0 Å². The van der Waals surface area contributed by atoms with Gasteiger partial charge in [-0.1, -0.05) is 23.7 Å². The van der Waals surface area contributed by atoms with Crippen molar-refractivity contribution in [1.82, 2.24) is 19.6 Å². The van der Waals surface area contributed by atoms with E-state index in [4.69, 9.17) is 11.6 Å². The monoisotopic (exact) mass is 346 g/mol. The minimum absolute atomic E-state index is 0.119. The van der Waals surface area contributed by atoms with Crippen LogP contribution in [-0.2, 0) is 16.9 Å². The van der Waals surface area contributed by atoms with Crippen molar-refractivity contribution in [2.45, 2.75) is 24.9 Å². The Hall–Kier alpha value is -1.85. The first-order valence-electron chi connectivity index (χ1n) is 8.20. The summed E-state index contributed by atoms with van der Waals surface area (Å²) in [5.74, 6) is 0.119. The summed E-state index contributed by atoms with van der Waals surface area (Å²) in [6.45, 7) is 2.56. The number of likely N-dealkylation sites (N-methyl/N-ethyl adjacent to an activating group) is 1. The lowest BCUT2D eigenvalue weighted by molar-refractivity contribution is -0.141. The minimum Gasteiger partial charge on any atom is -0.347 e. The Bertz CT molecular complexity index is 691. The van der Waals surface area contributed by atoms with Crippen molar-refractivity contribution in [2.75, 3.05) is 27.2 Å². The number of benzene rings is 1. The molecule has 2 aromatic rings. The summed E-state index contributed by atoms with van der Waals surface area (Å²) < 4.78 is 1.84. The number of likely N-dealkylation sites (tertiary alicyclic amines) is 1. The van der Waals surface area contributed by atoms with Crippen molar-refractivity contribution in [3.63, 3.8) is 0 Å². The van der Waals surface area contributed by atoms with Crippen LogP contribution in [0.3, 0.4) is 0 Å². The van der Waals surface area contributed by atoms with E-state index in [-0.39, 0.29) is 5.91 Å². The number of piperidine rings is 1. The van der Waals surface area contributed by atoms with E-state index >= 15 is 0 Å². The van der Waals surface area contributed by atoms with Gasteiger partial charge in [-0.2, -0.15) is 5.10 Å². The Labute approximate surface area is 147 Å². The molecule has 2 heterocycles. The van der Waals surface area contributed by atoms with E-state index in [0.29, 0.717) is 0 Å². The average Bonchev–Trinajstić information content (AvgIpc) is 3.10. The number of aromatic nitrogens is 2. The van der Waals surface area contributed by atoms with E-state index in [2.05, 4.69) is 16.1 Å². The molecule has 0 atom stereocenters. The lowest BCUT2D eigenvalue weighted by Gasteiger charge is -2.42. The molecular weight excluding hydrogens is 324 g/mol. The Kier molecular flexibility index (Phi) is 4.92. The van der Waals surface area contributed by atoms with E-state index in [1.807, 2.05) is 49.2 Å². The highest BCUT2D eigenvalue weighted by molar-refractivity contribution is 6.30. The number of carbonyl (C=O) groups is 1. The number of carbonyl (C=O) groups excluding carboxylic acids is 1. The van der Waals surface area contributed by atoms with Crippen LogP contribution in [0.4, 0.5) is 0 Å². The highest BCUT2D eigenvalue weighted by Crippen LogP contribution is 2.32. The fourth-order valence-corrected chi connectivity index (χ4v) is 3.67. The molecule has 6 heteroatoms. The lowest BCUT2D eigenvalue weighted by atomic mass is 9.86. The van der Waals surface area contributed by atoms with Crippen LogP contribution in [0.2, 0.25) is 5.02 Å². The third kappa shape index (κ3) is 3.32. The number of nitrogens with zero attached hydrogens (tertiary/aromatic N) is 4. The molecule has 0 bridgehead atoms. The van der Waals surface area contributed by atoms with Gasteiger partial charge < -0.3 is 4.90 Å². The van der Waals surface area contributed by atoms with Crippen LogP contribution in [0.1, 0.15) is 18.4 Å². The molecule has 1 aliphatic heterocycles. The van der Waals surface area contributed by atoms with Crippen LogP contribution < -0.4 is 0 Å². The number of rotatable bonds is 4. The number of halogens is 1. The lowest BCUT2D eigenvalue weighted by Crippen LogP contribution is -2.54. The average molecular weight is 347 g/mol. The predicted octanol–water partition coefficient (Wildman–Crippen LogP) is 2.62. The van der Waals surface area contributed by atoms with E-state index in [1.54, 1.807) is 11.1 Å². The van der Waals surface area contributed by atoms with Gasteiger partial charge in [0, 0.05) is 51.1 Å². The van der Waals surface area contributed by atoms with E-state index in [9.17, 15) is 4.79 Å². The second kappa shape index (κ2) is 6.95. The molecule has 0 unspecified atom stereocenters. The van der Waals surface area contributed by atoms with Gasteiger partial charge in [0.05, 0.1) is 0 Å². The van der Waals surface area contributed by atoms with Gasteiger partial charge in [0.25, 0.3) is 0 Å². The molecule has 5 nitrogen and oxygen atoms in total. The first kappa shape index (κ1) is 17.0. The quantitative estimate of drug-likeness (QED) is 0.854. The second-order valence-corrected chi connectivity index (χ2v) is 7.02. The fraction of sp³-hybridized carbons (Fsp3) is 0.444. The molecule has 24 heavy (non-hydrogen) atoms. The van der Waals surface area contributed by atoms with Gasteiger partial charge in [0.1, 0.15) is 5.54 Å². The zero-order valence-corrected chi connectivity index (χ0v) is 14.9. The highest BCUT2D eigenvalue weighted by atomic mass is 35.5. The van der Waals surface area contributed by atoms with Crippen molar-refractivity contribution in [1.29, 1.82) is 0 Å². The van der Waals surface area contributed by atoms with Crippen molar-refractivity contribution in [3.8, 4) is 0 Å². The first-order valence-corrected chi connectivity index (χ1v) is 8.58. The molecule has 1 saturated heterocycles. The molecule has 0 spiro atoms. The van der Waals surface area contributed by atoms with Crippen LogP contribution in [0.15, 0.2) is 42.7 Å². The summed E-state index contributed by atoms with van der Waals surface area (Å²) in [6.07, 6.45) is 5.15. The summed E-state index contributed by atoms with van der Waals surface area (Å²) >= 11 is 6.07. The van der Waals surface area contributed by atoms with Crippen LogP contribution in [0, 0.1) is 0 Å². The van der Waals surface area contributed by atoms with Gasteiger partial charge in [-0.25, -0.2) is 0 Å². The van der Waals surface area contributed by atoms with Crippen molar-refractivity contribution < 1.29 is 4.79 Å². The highest BCUT2D eigenvalue weighted by Gasteiger charge is 2.44. The number of hydrogen-bond acceptors (Lipinski definition) is 3. The Balaban J connectivity index is 1.74. The van der Waals surface area contributed by atoms with E-state index in [0.717, 1.165) is 37.5 Å². The van der Waals surface area contributed by atoms with Crippen LogP contribution in [0.5, 0.6) is 0 Å². The van der Waals surface area contributed by atoms with Crippen molar-refractivity contribution in [2.24, 2.45) is 0 Å². The first-order chi connectivity index (χ1) is 11.5. The molecule has 1 aromatic carbocycles. The van der Waals surface area contributed by atoms with Gasteiger partial charge >= 0.3 is 0 Å². The summed E-state index contributed by atoms with van der Waals surface area (Å²) in [5, 5.41) is 5.13. The van der Waals surface area contributed by atoms with Gasteiger partial charge in [0.15, 0.2) is 0 Å². The van der Waals surface area contributed by atoms with E-state index in [1.165, 1.54) is 5.56 Å². The van der Waals surface area contributed by atoms with E-state index < -0.39 is 5.54 Å². The maximum Gasteiger partial charge on any atom is 0.250 e. The fourth-order valence-electron chi connectivity index (χ4n) is 3.45. The Morgan fingerprint density at radius 3 is 2.62 bits per heavy atom. The molecule has 128 valence electrons. The molecule has 0 saturated carbocycles. The SMILES string of the molecule is CN(C)C(=O)C1(n2cccn2)CCN(Cc2cccc(Cl)c2)CC1. The van der Waals surface area contributed by atoms with Crippen molar-refractivity contribution in [3.05, 3.63) is 53.3 Å². The number of hydrogen-bond donors (Lipinski definition) is 0. The van der Waals surface area contributed by atoms with Gasteiger partial charge in [-0.3, -0.25) is 14.4 Å².